The van der Waals surface area contributed by atoms with E-state index < -0.39 is 0 Å². The van der Waals surface area contributed by atoms with Crippen LogP contribution in [0.2, 0.25) is 10.0 Å². The highest BCUT2D eigenvalue weighted by atomic mass is 35.5. The predicted molar refractivity (Wildman–Crippen MR) is 89.9 cm³/mol. The lowest BCUT2D eigenvalue weighted by Crippen LogP contribution is -2.35. The van der Waals surface area contributed by atoms with Crippen LogP contribution in [0.3, 0.4) is 0 Å². The van der Waals surface area contributed by atoms with Gasteiger partial charge in [0.25, 0.3) is 5.91 Å². The van der Waals surface area contributed by atoms with Gasteiger partial charge in [-0.1, -0.05) is 29.3 Å². The van der Waals surface area contributed by atoms with Crippen molar-refractivity contribution in [1.29, 1.82) is 0 Å². The van der Waals surface area contributed by atoms with Gasteiger partial charge in [0.2, 0.25) is 5.91 Å². The topological polar surface area (TPSA) is 58.2 Å². The Morgan fingerprint density at radius 2 is 1.91 bits per heavy atom. The summed E-state index contributed by atoms with van der Waals surface area (Å²) in [5.74, 6) is 0.0178. The third-order valence-electron chi connectivity index (χ3n) is 3.46. The largest absolute Gasteiger partial charge is 0.354 e. The van der Waals surface area contributed by atoms with E-state index in [1.807, 2.05) is 6.07 Å². The first-order valence-corrected chi connectivity index (χ1v) is 8.57. The molecule has 4 nitrogen and oxygen atoms in total. The number of thiophene rings is 1. The molecule has 0 aliphatic heterocycles. The molecule has 7 heteroatoms. The summed E-state index contributed by atoms with van der Waals surface area (Å²) in [5, 5.41) is 7.44. The standard InChI is InChI=1S/C15H14Cl2N2O2S/c16-9-3-4-10-11(7-9)22-13(12(10)17)15(21)19-6-5-18-14(20)8-1-2-8/h3-4,7-8H,1-2,5-6H2,(H,18,20)(H,19,21). The molecule has 0 spiro atoms. The van der Waals surface area contributed by atoms with Crippen LogP contribution in [-0.4, -0.2) is 24.9 Å². The van der Waals surface area contributed by atoms with Crippen molar-refractivity contribution in [2.75, 3.05) is 13.1 Å². The van der Waals surface area contributed by atoms with E-state index in [-0.39, 0.29) is 17.7 Å². The van der Waals surface area contributed by atoms with Gasteiger partial charge in [0, 0.05) is 34.1 Å². The molecule has 3 rings (SSSR count). The lowest BCUT2D eigenvalue weighted by Gasteiger charge is -2.05. The molecule has 0 bridgehead atoms. The molecular formula is C15H14Cl2N2O2S. The van der Waals surface area contributed by atoms with Gasteiger partial charge in [-0.25, -0.2) is 0 Å². The van der Waals surface area contributed by atoms with E-state index in [0.29, 0.717) is 28.0 Å². The van der Waals surface area contributed by atoms with E-state index in [2.05, 4.69) is 10.6 Å². The Morgan fingerprint density at radius 3 is 2.64 bits per heavy atom. The van der Waals surface area contributed by atoms with Crippen molar-refractivity contribution in [2.24, 2.45) is 5.92 Å². The zero-order valence-corrected chi connectivity index (χ0v) is 13.9. The molecule has 0 saturated heterocycles. The maximum atomic E-state index is 12.2. The van der Waals surface area contributed by atoms with E-state index in [1.54, 1.807) is 12.1 Å². The minimum Gasteiger partial charge on any atom is -0.354 e. The first-order valence-electron chi connectivity index (χ1n) is 6.99. The number of hydrogen-bond donors (Lipinski definition) is 2. The SMILES string of the molecule is O=C(NCCNC(=O)C1CC1)c1sc2cc(Cl)ccc2c1Cl. The molecule has 1 aliphatic rings. The molecule has 22 heavy (non-hydrogen) atoms. The van der Waals surface area contributed by atoms with Crippen molar-refractivity contribution in [2.45, 2.75) is 12.8 Å². The van der Waals surface area contributed by atoms with Gasteiger partial charge < -0.3 is 10.6 Å². The Hall–Kier alpha value is -1.30. The second-order valence-electron chi connectivity index (χ2n) is 5.21. The van der Waals surface area contributed by atoms with Crippen molar-refractivity contribution in [3.8, 4) is 0 Å². The maximum absolute atomic E-state index is 12.2. The van der Waals surface area contributed by atoms with Gasteiger partial charge in [0.05, 0.1) is 5.02 Å². The van der Waals surface area contributed by atoms with Gasteiger partial charge in [-0.3, -0.25) is 9.59 Å². The summed E-state index contributed by atoms with van der Waals surface area (Å²) in [6.07, 6.45) is 1.94. The first kappa shape index (κ1) is 15.6. The third-order valence-corrected chi connectivity index (χ3v) is 5.35. The third kappa shape index (κ3) is 3.37. The Morgan fingerprint density at radius 1 is 1.18 bits per heavy atom. The molecule has 0 radical (unpaired) electrons. The molecule has 1 aromatic heterocycles. The summed E-state index contributed by atoms with van der Waals surface area (Å²) in [7, 11) is 0. The number of amides is 2. The Bertz CT molecular complexity index is 740. The minimum atomic E-state index is -0.233. The summed E-state index contributed by atoms with van der Waals surface area (Å²) in [5.41, 5.74) is 0. The molecule has 1 heterocycles. The highest BCUT2D eigenvalue weighted by molar-refractivity contribution is 7.21. The number of fused-ring (bicyclic) bond motifs is 1. The van der Waals surface area contributed by atoms with Gasteiger partial charge in [-0.15, -0.1) is 11.3 Å². The van der Waals surface area contributed by atoms with E-state index in [1.165, 1.54) is 11.3 Å². The van der Waals surface area contributed by atoms with Crippen LogP contribution >= 0.6 is 34.5 Å². The molecule has 1 aromatic carbocycles. The zero-order valence-electron chi connectivity index (χ0n) is 11.6. The smallest absolute Gasteiger partial charge is 0.262 e. The van der Waals surface area contributed by atoms with Gasteiger partial charge >= 0.3 is 0 Å². The van der Waals surface area contributed by atoms with Crippen molar-refractivity contribution in [1.82, 2.24) is 10.6 Å². The fraction of sp³-hybridized carbons (Fsp3) is 0.333. The lowest BCUT2D eigenvalue weighted by atomic mass is 10.2. The molecule has 2 N–H and O–H groups in total. The van der Waals surface area contributed by atoms with Crippen molar-refractivity contribution < 1.29 is 9.59 Å². The normalized spacial score (nSPS) is 14.1. The van der Waals surface area contributed by atoms with Crippen LogP contribution in [0.25, 0.3) is 10.1 Å². The average Bonchev–Trinajstić information content (AvgIpc) is 3.28. The highest BCUT2D eigenvalue weighted by Gasteiger charge is 2.29. The van der Waals surface area contributed by atoms with E-state index in [4.69, 9.17) is 23.2 Å². The summed E-state index contributed by atoms with van der Waals surface area (Å²) < 4.78 is 0.879. The summed E-state index contributed by atoms with van der Waals surface area (Å²) in [4.78, 5) is 24.1. The van der Waals surface area contributed by atoms with Crippen LogP contribution in [0.4, 0.5) is 0 Å². The lowest BCUT2D eigenvalue weighted by molar-refractivity contribution is -0.122. The molecule has 2 aromatic rings. The van der Waals surface area contributed by atoms with Crippen LogP contribution in [0.1, 0.15) is 22.5 Å². The highest BCUT2D eigenvalue weighted by Crippen LogP contribution is 2.36. The van der Waals surface area contributed by atoms with Crippen LogP contribution < -0.4 is 10.6 Å². The van der Waals surface area contributed by atoms with Crippen molar-refractivity contribution in [3.05, 3.63) is 33.1 Å². The number of carbonyl (C=O) groups excluding carboxylic acids is 2. The molecule has 1 saturated carbocycles. The van der Waals surface area contributed by atoms with Crippen molar-refractivity contribution in [3.63, 3.8) is 0 Å². The Balaban J connectivity index is 1.59. The number of hydrogen-bond acceptors (Lipinski definition) is 3. The minimum absolute atomic E-state index is 0.0729. The fourth-order valence-electron chi connectivity index (χ4n) is 2.12. The quantitative estimate of drug-likeness (QED) is 0.805. The van der Waals surface area contributed by atoms with Crippen molar-refractivity contribution >= 4 is 56.4 Å². The van der Waals surface area contributed by atoms with Gasteiger partial charge in [0.15, 0.2) is 0 Å². The second-order valence-corrected chi connectivity index (χ2v) is 7.07. The number of rotatable bonds is 5. The number of halogens is 2. The first-order chi connectivity index (χ1) is 10.6. The Kier molecular flexibility index (Phi) is 4.57. The molecule has 1 aliphatic carbocycles. The fourth-order valence-corrected chi connectivity index (χ4v) is 3.83. The molecule has 0 atom stereocenters. The van der Waals surface area contributed by atoms with Crippen LogP contribution in [-0.2, 0) is 4.79 Å². The number of carbonyl (C=O) groups is 2. The van der Waals surface area contributed by atoms with Gasteiger partial charge in [0.1, 0.15) is 4.88 Å². The van der Waals surface area contributed by atoms with E-state index in [9.17, 15) is 9.59 Å². The summed E-state index contributed by atoms with van der Waals surface area (Å²) in [6.45, 7) is 0.804. The second kappa shape index (κ2) is 6.44. The van der Waals surface area contributed by atoms with Crippen LogP contribution in [0.15, 0.2) is 18.2 Å². The van der Waals surface area contributed by atoms with Gasteiger partial charge in [-0.2, -0.15) is 0 Å². The predicted octanol–water partition coefficient (Wildman–Crippen LogP) is 3.46. The van der Waals surface area contributed by atoms with Crippen LogP contribution in [0, 0.1) is 5.92 Å². The summed E-state index contributed by atoms with van der Waals surface area (Å²) in [6, 6.07) is 5.35. The maximum Gasteiger partial charge on any atom is 0.262 e. The average molecular weight is 357 g/mol. The molecule has 2 amide bonds. The number of benzene rings is 1. The molecule has 1 fully saturated rings. The number of nitrogens with one attached hydrogen (secondary N) is 2. The Labute approximate surface area is 141 Å². The van der Waals surface area contributed by atoms with E-state index >= 15 is 0 Å². The van der Waals surface area contributed by atoms with Gasteiger partial charge in [-0.05, 0) is 25.0 Å². The van der Waals surface area contributed by atoms with Crippen LogP contribution in [0.5, 0.6) is 0 Å². The molecule has 116 valence electrons. The zero-order chi connectivity index (χ0) is 15.7. The summed E-state index contributed by atoms with van der Waals surface area (Å²) >= 11 is 13.5. The molecular weight excluding hydrogens is 343 g/mol. The molecule has 0 unspecified atom stereocenters. The monoisotopic (exact) mass is 356 g/mol. The van der Waals surface area contributed by atoms with E-state index in [0.717, 1.165) is 22.9 Å².